The zero-order valence-corrected chi connectivity index (χ0v) is 36.9. The molecule has 0 aliphatic rings. The van der Waals surface area contributed by atoms with Gasteiger partial charge in [0.05, 0.1) is 50.7 Å². The highest BCUT2D eigenvalue weighted by Gasteiger charge is 2.47. The molecule has 0 saturated heterocycles. The van der Waals surface area contributed by atoms with Crippen molar-refractivity contribution in [2.24, 2.45) is 0 Å². The van der Waals surface area contributed by atoms with Gasteiger partial charge in [0, 0.05) is 5.56 Å². The lowest BCUT2D eigenvalue weighted by Crippen LogP contribution is -2.75. The first kappa shape index (κ1) is 58.9. The fraction of sp³-hybridized carbons (Fsp3) is 0.213. The lowest BCUT2D eigenvalue weighted by Gasteiger charge is -2.46. The minimum absolute atomic E-state index is 0.0956. The Kier molecular flexibility index (Phi) is 16.2. The standard InChI is InChI=1S/C32H12BF24.C15H15N2O/c34-25(35,36)13-1-14(26(37,38)39)6-21(5-13)33(22-7-15(27(40,41)42)2-16(8-22)28(43,44)45,23-9-17(29(46,47)48)3-18(10-23)30(49,50)51)24-11-19(31(52,53)54)4-20(12-24)32(55,56)57;1-2-6-14-11-17(10-9-16-14)12-15(18)13-7-4-3-5-8-13/h1-12H;2-11H,12H2,1H3/q-1;+1. The van der Waals surface area contributed by atoms with Crippen LogP contribution in [0.15, 0.2) is 128 Å². The lowest BCUT2D eigenvalue weighted by molar-refractivity contribution is -0.683. The second-order valence-electron chi connectivity index (χ2n) is 16.2. The molecular formula is C47H27BF24N2O. The summed E-state index contributed by atoms with van der Waals surface area (Å²) in [6, 6.07) is 0.495. The van der Waals surface area contributed by atoms with E-state index in [1.165, 1.54) is 0 Å². The molecule has 1 heterocycles. The van der Waals surface area contributed by atoms with E-state index in [1.54, 1.807) is 12.4 Å². The first-order valence-electron chi connectivity index (χ1n) is 20.5. The summed E-state index contributed by atoms with van der Waals surface area (Å²) in [5, 5.41) is 0. The number of ketones is 1. The quantitative estimate of drug-likeness (QED) is 0.0659. The first-order valence-corrected chi connectivity index (χ1v) is 20.5. The van der Waals surface area contributed by atoms with E-state index in [1.807, 2.05) is 60.2 Å². The highest BCUT2D eigenvalue weighted by molar-refractivity contribution is 7.20. The number of rotatable bonds is 8. The van der Waals surface area contributed by atoms with Gasteiger partial charge in [-0.2, -0.15) is 132 Å². The number of nitrogens with zero attached hydrogens (tertiary/aromatic N) is 2. The Balaban J connectivity index is 0.000000483. The van der Waals surface area contributed by atoms with Gasteiger partial charge in [-0.1, -0.05) is 84.9 Å². The summed E-state index contributed by atoms with van der Waals surface area (Å²) in [6.07, 6.45) is -45.6. The van der Waals surface area contributed by atoms with Crippen molar-refractivity contribution in [1.29, 1.82) is 0 Å². The smallest absolute Gasteiger partial charge is 0.287 e. The molecule has 6 aromatic rings. The average Bonchev–Trinajstić information content (AvgIpc) is 3.27. The molecule has 0 atom stereocenters. The van der Waals surface area contributed by atoms with Crippen molar-refractivity contribution >= 4 is 39.9 Å². The van der Waals surface area contributed by atoms with Crippen LogP contribution in [-0.2, 0) is 56.0 Å². The molecule has 0 radical (unpaired) electrons. The molecule has 6 rings (SSSR count). The van der Waals surface area contributed by atoms with Crippen molar-refractivity contribution in [3.63, 3.8) is 0 Å². The molecule has 0 unspecified atom stereocenters. The van der Waals surface area contributed by atoms with E-state index in [2.05, 4.69) is 4.98 Å². The predicted molar refractivity (Wildman–Crippen MR) is 220 cm³/mol. The summed E-state index contributed by atoms with van der Waals surface area (Å²) in [5.41, 5.74) is -28.6. The lowest BCUT2D eigenvalue weighted by atomic mass is 9.12. The first-order chi connectivity index (χ1) is 34.1. The second kappa shape index (κ2) is 20.6. The van der Waals surface area contributed by atoms with Gasteiger partial charge in [-0.05, 0) is 37.3 Å². The molecule has 0 saturated carbocycles. The summed E-state index contributed by atoms with van der Waals surface area (Å²) in [5.74, 6) is 0.0956. The molecule has 75 heavy (non-hydrogen) atoms. The molecule has 0 aliphatic heterocycles. The van der Waals surface area contributed by atoms with Crippen LogP contribution in [0, 0.1) is 0 Å². The monoisotopic (exact) mass is 1100 g/mol. The Morgan fingerprint density at radius 2 is 0.707 bits per heavy atom. The Morgan fingerprint density at radius 3 is 0.947 bits per heavy atom. The van der Waals surface area contributed by atoms with E-state index in [9.17, 15) is 110 Å². The fourth-order valence-corrected chi connectivity index (χ4v) is 7.76. The van der Waals surface area contributed by atoms with Crippen LogP contribution < -0.4 is 26.4 Å². The molecular weight excluding hydrogens is 1080 g/mol. The molecule has 0 N–H and O–H groups in total. The Bertz CT molecular complexity index is 2610. The number of benzene rings is 5. The highest BCUT2D eigenvalue weighted by Crippen LogP contribution is 2.41. The summed E-state index contributed by atoms with van der Waals surface area (Å²) < 4.78 is 343. The molecule has 402 valence electrons. The number of hydrogen-bond donors (Lipinski definition) is 0. The summed E-state index contributed by atoms with van der Waals surface area (Å²) >= 11 is 0. The third kappa shape index (κ3) is 14.0. The molecule has 0 bridgehead atoms. The number of carbonyl (C=O) groups is 1. The van der Waals surface area contributed by atoms with Gasteiger partial charge < -0.3 is 0 Å². The minimum atomic E-state index is -6.13. The van der Waals surface area contributed by atoms with Gasteiger partial charge in [-0.3, -0.25) is 4.79 Å². The van der Waals surface area contributed by atoms with Gasteiger partial charge >= 0.3 is 49.4 Å². The zero-order valence-electron chi connectivity index (χ0n) is 36.9. The summed E-state index contributed by atoms with van der Waals surface area (Å²) in [7, 11) is 0. The number of aromatic nitrogens is 2. The molecule has 0 spiro atoms. The van der Waals surface area contributed by atoms with Crippen molar-refractivity contribution in [3.8, 4) is 0 Å². The largest absolute Gasteiger partial charge is 0.416 e. The highest BCUT2D eigenvalue weighted by atomic mass is 19.4. The molecule has 0 fully saturated rings. The van der Waals surface area contributed by atoms with Crippen molar-refractivity contribution in [2.75, 3.05) is 0 Å². The van der Waals surface area contributed by atoms with Crippen LogP contribution in [0.3, 0.4) is 0 Å². The number of allylic oxidation sites excluding steroid dienone is 1. The van der Waals surface area contributed by atoms with Crippen molar-refractivity contribution < 1.29 is 115 Å². The van der Waals surface area contributed by atoms with Crippen molar-refractivity contribution in [3.05, 3.63) is 184 Å². The molecule has 0 aliphatic carbocycles. The Morgan fingerprint density at radius 1 is 0.440 bits per heavy atom. The van der Waals surface area contributed by atoms with E-state index >= 15 is 0 Å². The predicted octanol–water partition coefficient (Wildman–Crippen LogP) is 13.5. The Hall–Kier alpha value is -7.03. The number of alkyl halides is 24. The van der Waals surface area contributed by atoms with Crippen LogP contribution in [0.5, 0.6) is 0 Å². The van der Waals surface area contributed by atoms with Gasteiger partial charge in [-0.15, -0.1) is 0 Å². The third-order valence-corrected chi connectivity index (χ3v) is 11.0. The molecule has 5 aromatic carbocycles. The van der Waals surface area contributed by atoms with Crippen LogP contribution in [0.4, 0.5) is 105 Å². The van der Waals surface area contributed by atoms with Crippen LogP contribution in [0.25, 0.3) is 6.08 Å². The zero-order chi connectivity index (χ0) is 56.7. The molecule has 3 nitrogen and oxygen atoms in total. The number of halogens is 24. The number of Topliss-reactive ketones (excluding diaryl/α,β-unsaturated/α-hetero) is 1. The third-order valence-electron chi connectivity index (χ3n) is 11.0. The maximum Gasteiger partial charge on any atom is 0.416 e. The average molecular weight is 1100 g/mol. The van der Waals surface area contributed by atoms with Crippen LogP contribution in [0.2, 0.25) is 0 Å². The van der Waals surface area contributed by atoms with Gasteiger partial charge in [0.25, 0.3) is 0 Å². The van der Waals surface area contributed by atoms with Gasteiger partial charge in [0.2, 0.25) is 12.3 Å². The van der Waals surface area contributed by atoms with Crippen molar-refractivity contribution in [1.82, 2.24) is 4.98 Å². The van der Waals surface area contributed by atoms with E-state index in [0.29, 0.717) is 6.54 Å². The Labute approximate surface area is 405 Å². The van der Waals surface area contributed by atoms with Crippen LogP contribution >= 0.6 is 0 Å². The molecule has 1 aromatic heterocycles. The SMILES string of the molecule is CC=Cc1c[n+](CC(=O)c2ccccc2)ccn1.FC(F)(F)c1cc([B-](c2cc(C(F)(F)F)cc(C(F)(F)F)c2)(c2cc(C(F)(F)F)cc(C(F)(F)F)c2)c2cc(C(F)(F)F)cc(C(F)(F)F)c2)cc(C(F)(F)F)c1. The van der Waals surface area contributed by atoms with Gasteiger partial charge in [0.15, 0.2) is 12.4 Å². The van der Waals surface area contributed by atoms with E-state index in [4.69, 9.17) is 0 Å². The van der Waals surface area contributed by atoms with Gasteiger partial charge in [-0.25, -0.2) is 4.98 Å². The van der Waals surface area contributed by atoms with Crippen LogP contribution in [-0.4, -0.2) is 16.9 Å². The van der Waals surface area contributed by atoms with E-state index in [-0.39, 0.29) is 5.78 Å². The molecule has 28 heteroatoms. The summed E-state index contributed by atoms with van der Waals surface area (Å²) in [4.78, 5) is 16.2. The van der Waals surface area contributed by atoms with Crippen LogP contribution in [0.1, 0.15) is 67.5 Å². The number of carbonyl (C=O) groups excluding carboxylic acids is 1. The van der Waals surface area contributed by atoms with E-state index < -0.39 is 195 Å². The summed E-state index contributed by atoms with van der Waals surface area (Å²) in [6.45, 7) is 2.27. The molecule has 0 amide bonds. The fourth-order valence-electron chi connectivity index (χ4n) is 7.76. The minimum Gasteiger partial charge on any atom is -0.287 e. The maximum absolute atomic E-state index is 14.2. The normalized spacial score (nSPS) is 13.5. The van der Waals surface area contributed by atoms with Gasteiger partial charge in [0.1, 0.15) is 11.8 Å². The maximum atomic E-state index is 14.2. The van der Waals surface area contributed by atoms with E-state index in [0.717, 1.165) is 11.3 Å². The topological polar surface area (TPSA) is 33.8 Å². The second-order valence-corrected chi connectivity index (χ2v) is 16.2. The number of hydrogen-bond acceptors (Lipinski definition) is 2. The van der Waals surface area contributed by atoms with Crippen molar-refractivity contribution in [2.45, 2.75) is 62.9 Å².